The van der Waals surface area contributed by atoms with Gasteiger partial charge in [-0.25, -0.2) is 0 Å². The van der Waals surface area contributed by atoms with Crippen LogP contribution in [0.3, 0.4) is 0 Å². The molecule has 2 unspecified atom stereocenters. The van der Waals surface area contributed by atoms with Gasteiger partial charge in [-0.05, 0) is 12.5 Å². The Kier molecular flexibility index (Phi) is 3.03. The largest absolute Gasteiger partial charge is 0.332 e. The molecule has 21 heavy (non-hydrogen) atoms. The van der Waals surface area contributed by atoms with Gasteiger partial charge in [0.05, 0.1) is 5.69 Å². The number of nitrogens with zero attached hydrogens (tertiary/aromatic N) is 3. The number of rotatable bonds is 2. The molecule has 4 nitrogen and oxygen atoms in total. The van der Waals surface area contributed by atoms with E-state index in [-0.39, 0.29) is 5.91 Å². The SMILES string of the molecule is Cn1nc(-c2ccccc2)cc1C(=O)N1CC2CC1CS2. The normalized spacial score (nSPS) is 23.8. The van der Waals surface area contributed by atoms with Crippen molar-refractivity contribution in [3.05, 3.63) is 42.1 Å². The summed E-state index contributed by atoms with van der Waals surface area (Å²) >= 11 is 2.00. The lowest BCUT2D eigenvalue weighted by Gasteiger charge is -2.26. The minimum atomic E-state index is 0.125. The van der Waals surface area contributed by atoms with Crippen molar-refractivity contribution >= 4 is 17.7 Å². The third kappa shape index (κ3) is 2.16. The van der Waals surface area contributed by atoms with E-state index in [1.165, 1.54) is 0 Å². The average molecular weight is 299 g/mol. The molecule has 0 spiro atoms. The van der Waals surface area contributed by atoms with Crippen molar-refractivity contribution in [2.45, 2.75) is 17.7 Å². The van der Waals surface area contributed by atoms with Crippen molar-refractivity contribution in [1.29, 1.82) is 0 Å². The van der Waals surface area contributed by atoms with Crippen LogP contribution in [0.25, 0.3) is 11.3 Å². The smallest absolute Gasteiger partial charge is 0.272 e. The van der Waals surface area contributed by atoms with Gasteiger partial charge in [0.1, 0.15) is 5.69 Å². The molecule has 1 aromatic carbocycles. The van der Waals surface area contributed by atoms with Crippen LogP contribution in [0.1, 0.15) is 16.9 Å². The van der Waals surface area contributed by atoms with Crippen LogP contribution in [0.2, 0.25) is 0 Å². The van der Waals surface area contributed by atoms with Gasteiger partial charge in [0.25, 0.3) is 5.91 Å². The fourth-order valence-corrected chi connectivity index (χ4v) is 4.65. The van der Waals surface area contributed by atoms with Crippen molar-refractivity contribution in [2.75, 3.05) is 12.3 Å². The van der Waals surface area contributed by atoms with Gasteiger partial charge in [0, 0.05) is 36.2 Å². The number of aromatic nitrogens is 2. The fourth-order valence-electron chi connectivity index (χ4n) is 3.21. The molecule has 2 saturated heterocycles. The third-order valence-corrected chi connectivity index (χ3v) is 5.72. The van der Waals surface area contributed by atoms with Gasteiger partial charge in [0.15, 0.2) is 0 Å². The molecule has 0 radical (unpaired) electrons. The molecule has 4 rings (SSSR count). The highest BCUT2D eigenvalue weighted by Gasteiger charge is 2.41. The van der Waals surface area contributed by atoms with Gasteiger partial charge in [-0.2, -0.15) is 16.9 Å². The van der Waals surface area contributed by atoms with E-state index in [1.807, 2.05) is 60.1 Å². The van der Waals surface area contributed by atoms with Gasteiger partial charge in [-0.1, -0.05) is 30.3 Å². The first-order chi connectivity index (χ1) is 10.2. The molecule has 2 fully saturated rings. The van der Waals surface area contributed by atoms with Crippen LogP contribution >= 0.6 is 11.8 Å². The van der Waals surface area contributed by atoms with E-state index in [0.717, 1.165) is 30.0 Å². The number of aryl methyl sites for hydroxylation is 1. The molecule has 5 heteroatoms. The summed E-state index contributed by atoms with van der Waals surface area (Å²) in [5, 5.41) is 5.14. The number of thioether (sulfide) groups is 1. The molecule has 2 aliphatic heterocycles. The Bertz CT molecular complexity index is 682. The summed E-state index contributed by atoms with van der Waals surface area (Å²) in [5.41, 5.74) is 2.59. The number of hydrogen-bond donors (Lipinski definition) is 0. The van der Waals surface area contributed by atoms with Crippen molar-refractivity contribution in [2.24, 2.45) is 7.05 Å². The van der Waals surface area contributed by atoms with Crippen molar-refractivity contribution < 1.29 is 4.79 Å². The van der Waals surface area contributed by atoms with Crippen molar-refractivity contribution in [1.82, 2.24) is 14.7 Å². The minimum Gasteiger partial charge on any atom is -0.332 e. The standard InChI is InChI=1S/C16H17N3OS/c1-18-15(8-14(17-18)11-5-3-2-4-6-11)16(20)19-9-13-7-12(19)10-21-13/h2-6,8,12-13H,7,9-10H2,1H3. The lowest BCUT2D eigenvalue weighted by atomic mass is 10.1. The minimum absolute atomic E-state index is 0.125. The molecule has 2 aromatic rings. The Hall–Kier alpha value is -1.75. The van der Waals surface area contributed by atoms with E-state index in [4.69, 9.17) is 0 Å². The lowest BCUT2D eigenvalue weighted by Crippen LogP contribution is -2.39. The first-order valence-electron chi connectivity index (χ1n) is 7.24. The zero-order chi connectivity index (χ0) is 14.4. The van der Waals surface area contributed by atoms with E-state index in [9.17, 15) is 4.79 Å². The fraction of sp³-hybridized carbons (Fsp3) is 0.375. The van der Waals surface area contributed by atoms with E-state index in [0.29, 0.717) is 17.0 Å². The molecule has 1 aromatic heterocycles. The van der Waals surface area contributed by atoms with Crippen LogP contribution < -0.4 is 0 Å². The predicted octanol–water partition coefficient (Wildman–Crippen LogP) is 2.42. The number of fused-ring (bicyclic) bond motifs is 2. The van der Waals surface area contributed by atoms with E-state index in [2.05, 4.69) is 5.10 Å². The van der Waals surface area contributed by atoms with Gasteiger partial charge in [-0.3, -0.25) is 9.48 Å². The molecule has 1 amide bonds. The number of benzene rings is 1. The van der Waals surface area contributed by atoms with E-state index in [1.54, 1.807) is 4.68 Å². The van der Waals surface area contributed by atoms with Gasteiger partial charge in [0.2, 0.25) is 0 Å². The van der Waals surface area contributed by atoms with Gasteiger partial charge >= 0.3 is 0 Å². The van der Waals surface area contributed by atoms with E-state index >= 15 is 0 Å². The molecule has 2 bridgehead atoms. The summed E-state index contributed by atoms with van der Waals surface area (Å²) in [4.78, 5) is 14.8. The average Bonchev–Trinajstić information content (AvgIpc) is 3.22. The number of carbonyl (C=O) groups is 1. The maximum absolute atomic E-state index is 12.8. The third-order valence-electron chi connectivity index (χ3n) is 4.33. The summed E-state index contributed by atoms with van der Waals surface area (Å²) in [6, 6.07) is 12.3. The lowest BCUT2D eigenvalue weighted by molar-refractivity contribution is 0.0736. The molecule has 0 N–H and O–H groups in total. The first-order valence-corrected chi connectivity index (χ1v) is 8.29. The molecule has 2 atom stereocenters. The Balaban J connectivity index is 1.64. The molecule has 3 heterocycles. The maximum atomic E-state index is 12.8. The van der Waals surface area contributed by atoms with Crippen molar-refractivity contribution in [3.63, 3.8) is 0 Å². The molecular weight excluding hydrogens is 282 g/mol. The topological polar surface area (TPSA) is 38.1 Å². The number of likely N-dealkylation sites (tertiary alicyclic amines) is 1. The molecular formula is C16H17N3OS. The highest BCUT2D eigenvalue weighted by atomic mass is 32.2. The van der Waals surface area contributed by atoms with Gasteiger partial charge < -0.3 is 4.90 Å². The number of amides is 1. The molecule has 0 saturated carbocycles. The highest BCUT2D eigenvalue weighted by Crippen LogP contribution is 2.38. The Labute approximate surface area is 128 Å². The van der Waals surface area contributed by atoms with Crippen LogP contribution in [0.5, 0.6) is 0 Å². The Morgan fingerprint density at radius 3 is 2.81 bits per heavy atom. The number of hydrogen-bond acceptors (Lipinski definition) is 3. The summed E-state index contributed by atoms with van der Waals surface area (Å²) < 4.78 is 1.71. The summed E-state index contributed by atoms with van der Waals surface area (Å²) in [7, 11) is 1.85. The molecule has 0 aliphatic carbocycles. The summed E-state index contributed by atoms with van der Waals surface area (Å²) in [6.45, 7) is 0.889. The second-order valence-corrected chi connectivity index (χ2v) is 7.04. The van der Waals surface area contributed by atoms with E-state index < -0.39 is 0 Å². The number of carbonyl (C=O) groups excluding carboxylic acids is 1. The van der Waals surface area contributed by atoms with Crippen LogP contribution in [-0.4, -0.2) is 44.2 Å². The summed E-state index contributed by atoms with van der Waals surface area (Å²) in [5.74, 6) is 1.21. The Morgan fingerprint density at radius 2 is 2.14 bits per heavy atom. The predicted molar refractivity (Wildman–Crippen MR) is 84.3 cm³/mol. The van der Waals surface area contributed by atoms with Crippen LogP contribution in [0.4, 0.5) is 0 Å². The zero-order valence-corrected chi connectivity index (χ0v) is 12.7. The second-order valence-electron chi connectivity index (χ2n) is 5.71. The van der Waals surface area contributed by atoms with Gasteiger partial charge in [-0.15, -0.1) is 0 Å². The monoisotopic (exact) mass is 299 g/mol. The second kappa shape index (κ2) is 4.91. The van der Waals surface area contributed by atoms with Crippen LogP contribution in [-0.2, 0) is 7.05 Å². The molecule has 2 aliphatic rings. The van der Waals surface area contributed by atoms with Crippen LogP contribution in [0.15, 0.2) is 36.4 Å². The quantitative estimate of drug-likeness (QED) is 0.855. The molecule has 108 valence electrons. The van der Waals surface area contributed by atoms with Crippen LogP contribution in [0, 0.1) is 0 Å². The van der Waals surface area contributed by atoms with Crippen molar-refractivity contribution in [3.8, 4) is 11.3 Å². The maximum Gasteiger partial charge on any atom is 0.272 e. The zero-order valence-electron chi connectivity index (χ0n) is 11.9. The highest BCUT2D eigenvalue weighted by molar-refractivity contribution is 8.00. The first kappa shape index (κ1) is 13.0. The Morgan fingerprint density at radius 1 is 1.33 bits per heavy atom. The summed E-state index contributed by atoms with van der Waals surface area (Å²) in [6.07, 6.45) is 1.15.